The second kappa shape index (κ2) is 9.73. The maximum Gasteiger partial charge on any atom is 0.0593 e. The first kappa shape index (κ1) is 15.9. The molecule has 0 spiro atoms. The summed E-state index contributed by atoms with van der Waals surface area (Å²) in [5.41, 5.74) is 5.87. The van der Waals surface area contributed by atoms with Gasteiger partial charge >= 0.3 is 0 Å². The van der Waals surface area contributed by atoms with Crippen LogP contribution in [0.1, 0.15) is 32.1 Å². The number of ether oxygens (including phenoxy) is 2. The molecule has 0 aliphatic heterocycles. The Bertz CT molecular complexity index is 202. The lowest BCUT2D eigenvalue weighted by Crippen LogP contribution is -2.44. The molecular formula is C14H30N2O2. The van der Waals surface area contributed by atoms with Crippen molar-refractivity contribution in [3.8, 4) is 0 Å². The van der Waals surface area contributed by atoms with Crippen LogP contribution in [0.3, 0.4) is 0 Å². The fourth-order valence-electron chi connectivity index (χ4n) is 2.83. The van der Waals surface area contributed by atoms with E-state index in [0.717, 1.165) is 39.3 Å². The maximum atomic E-state index is 5.87. The minimum Gasteiger partial charge on any atom is -0.385 e. The first-order chi connectivity index (χ1) is 8.79. The smallest absolute Gasteiger partial charge is 0.0593 e. The maximum absolute atomic E-state index is 5.87. The van der Waals surface area contributed by atoms with E-state index in [9.17, 15) is 0 Å². The number of hydrogen-bond donors (Lipinski definition) is 1. The van der Waals surface area contributed by atoms with E-state index in [1.165, 1.54) is 25.7 Å². The monoisotopic (exact) mass is 258 g/mol. The van der Waals surface area contributed by atoms with Crippen molar-refractivity contribution in [2.75, 3.05) is 47.1 Å². The van der Waals surface area contributed by atoms with Gasteiger partial charge in [-0.25, -0.2) is 0 Å². The molecule has 4 nitrogen and oxygen atoms in total. The highest BCUT2D eigenvalue weighted by atomic mass is 16.5. The van der Waals surface area contributed by atoms with Crippen LogP contribution in [0.25, 0.3) is 0 Å². The first-order valence-corrected chi connectivity index (χ1v) is 7.26. The van der Waals surface area contributed by atoms with Crippen LogP contribution in [0.15, 0.2) is 0 Å². The van der Waals surface area contributed by atoms with Gasteiger partial charge in [-0.15, -0.1) is 0 Å². The second-order valence-electron chi connectivity index (χ2n) is 5.29. The van der Waals surface area contributed by atoms with Crippen molar-refractivity contribution in [3.63, 3.8) is 0 Å². The van der Waals surface area contributed by atoms with E-state index in [-0.39, 0.29) is 0 Å². The normalized spacial score (nSPS) is 24.7. The van der Waals surface area contributed by atoms with E-state index in [0.29, 0.717) is 12.0 Å². The highest BCUT2D eigenvalue weighted by Gasteiger charge is 2.26. The average molecular weight is 258 g/mol. The van der Waals surface area contributed by atoms with E-state index < -0.39 is 0 Å². The van der Waals surface area contributed by atoms with Crippen LogP contribution < -0.4 is 5.73 Å². The molecule has 18 heavy (non-hydrogen) atoms. The third kappa shape index (κ3) is 5.65. The third-order valence-corrected chi connectivity index (χ3v) is 3.96. The summed E-state index contributed by atoms with van der Waals surface area (Å²) in [7, 11) is 3.93. The lowest BCUT2D eigenvalue weighted by Gasteiger charge is -2.37. The largest absolute Gasteiger partial charge is 0.385 e. The number of rotatable bonds is 9. The van der Waals surface area contributed by atoms with Gasteiger partial charge in [0.05, 0.1) is 6.61 Å². The first-order valence-electron chi connectivity index (χ1n) is 7.26. The second-order valence-corrected chi connectivity index (χ2v) is 5.29. The predicted octanol–water partition coefficient (Wildman–Crippen LogP) is 1.49. The van der Waals surface area contributed by atoms with E-state index >= 15 is 0 Å². The van der Waals surface area contributed by atoms with Gasteiger partial charge in [0, 0.05) is 32.9 Å². The molecule has 0 amide bonds. The van der Waals surface area contributed by atoms with Crippen LogP contribution in [-0.4, -0.2) is 58.0 Å². The Hall–Kier alpha value is -0.160. The van der Waals surface area contributed by atoms with Crippen LogP contribution in [0.4, 0.5) is 0 Å². The predicted molar refractivity (Wildman–Crippen MR) is 74.7 cm³/mol. The van der Waals surface area contributed by atoms with Gasteiger partial charge in [-0.1, -0.05) is 12.8 Å². The topological polar surface area (TPSA) is 47.7 Å². The van der Waals surface area contributed by atoms with E-state index in [2.05, 4.69) is 11.9 Å². The van der Waals surface area contributed by atoms with Gasteiger partial charge in [0.2, 0.25) is 0 Å². The van der Waals surface area contributed by atoms with E-state index in [1.807, 2.05) is 0 Å². The van der Waals surface area contributed by atoms with Crippen molar-refractivity contribution in [2.24, 2.45) is 11.7 Å². The zero-order valence-corrected chi connectivity index (χ0v) is 12.1. The molecule has 0 radical (unpaired) electrons. The fourth-order valence-corrected chi connectivity index (χ4v) is 2.83. The summed E-state index contributed by atoms with van der Waals surface area (Å²) in [5.74, 6) is 0.678. The average Bonchev–Trinajstić information content (AvgIpc) is 2.42. The highest BCUT2D eigenvalue weighted by Crippen LogP contribution is 2.26. The Kier molecular flexibility index (Phi) is 8.59. The Balaban J connectivity index is 2.12. The van der Waals surface area contributed by atoms with Crippen molar-refractivity contribution in [1.29, 1.82) is 0 Å². The lowest BCUT2D eigenvalue weighted by atomic mass is 9.84. The molecule has 1 saturated carbocycles. The Morgan fingerprint density at radius 3 is 2.67 bits per heavy atom. The summed E-state index contributed by atoms with van der Waals surface area (Å²) in [5, 5.41) is 0. The van der Waals surface area contributed by atoms with E-state index in [4.69, 9.17) is 15.2 Å². The van der Waals surface area contributed by atoms with Crippen LogP contribution in [-0.2, 0) is 9.47 Å². The molecule has 0 saturated heterocycles. The van der Waals surface area contributed by atoms with Gasteiger partial charge in [0.15, 0.2) is 0 Å². The highest BCUT2D eigenvalue weighted by molar-refractivity contribution is 4.82. The minimum atomic E-state index is 0.659. The molecule has 0 heterocycles. The number of nitrogens with zero attached hydrogens (tertiary/aromatic N) is 1. The van der Waals surface area contributed by atoms with Crippen molar-refractivity contribution < 1.29 is 9.47 Å². The lowest BCUT2D eigenvalue weighted by molar-refractivity contribution is 0.0624. The van der Waals surface area contributed by atoms with Crippen molar-refractivity contribution in [3.05, 3.63) is 0 Å². The SMILES string of the molecule is COCCCOCCN(C)C1CCCCC1CN. The van der Waals surface area contributed by atoms with Crippen LogP contribution in [0.5, 0.6) is 0 Å². The molecule has 2 N–H and O–H groups in total. The molecule has 0 aromatic carbocycles. The van der Waals surface area contributed by atoms with Gasteiger partial charge < -0.3 is 20.1 Å². The molecule has 0 aromatic rings. The Labute approximate surface area is 112 Å². The van der Waals surface area contributed by atoms with Gasteiger partial charge in [-0.2, -0.15) is 0 Å². The van der Waals surface area contributed by atoms with Crippen molar-refractivity contribution >= 4 is 0 Å². The summed E-state index contributed by atoms with van der Waals surface area (Å²) in [6.07, 6.45) is 6.26. The van der Waals surface area contributed by atoms with Crippen molar-refractivity contribution in [2.45, 2.75) is 38.1 Å². The summed E-state index contributed by atoms with van der Waals surface area (Å²) < 4.78 is 10.6. The van der Waals surface area contributed by atoms with Crippen LogP contribution in [0, 0.1) is 5.92 Å². The van der Waals surface area contributed by atoms with Gasteiger partial charge in [-0.05, 0) is 38.8 Å². The minimum absolute atomic E-state index is 0.659. The fraction of sp³-hybridized carbons (Fsp3) is 1.00. The molecule has 1 aliphatic rings. The summed E-state index contributed by atoms with van der Waals surface area (Å²) in [6, 6.07) is 0.659. The van der Waals surface area contributed by atoms with Gasteiger partial charge in [-0.3, -0.25) is 0 Å². The Morgan fingerprint density at radius 1 is 1.17 bits per heavy atom. The molecule has 0 aromatic heterocycles. The summed E-state index contributed by atoms with van der Waals surface area (Å²) in [4.78, 5) is 2.44. The van der Waals surface area contributed by atoms with Crippen LogP contribution in [0.2, 0.25) is 0 Å². The molecule has 0 bridgehead atoms. The van der Waals surface area contributed by atoms with E-state index in [1.54, 1.807) is 7.11 Å². The molecule has 1 aliphatic carbocycles. The van der Waals surface area contributed by atoms with Gasteiger partial charge in [0.1, 0.15) is 0 Å². The molecule has 2 atom stereocenters. The molecule has 1 rings (SSSR count). The van der Waals surface area contributed by atoms with Crippen molar-refractivity contribution in [1.82, 2.24) is 4.90 Å². The molecule has 2 unspecified atom stereocenters. The summed E-state index contributed by atoms with van der Waals surface area (Å²) in [6.45, 7) is 4.23. The van der Waals surface area contributed by atoms with Gasteiger partial charge in [0.25, 0.3) is 0 Å². The number of hydrogen-bond acceptors (Lipinski definition) is 4. The molecule has 1 fully saturated rings. The number of nitrogens with two attached hydrogens (primary N) is 1. The summed E-state index contributed by atoms with van der Waals surface area (Å²) >= 11 is 0. The zero-order valence-electron chi connectivity index (χ0n) is 12.1. The molecule has 4 heteroatoms. The standard InChI is InChI=1S/C14H30N2O2/c1-16(8-11-18-10-5-9-17-2)14-7-4-3-6-13(14)12-15/h13-14H,3-12,15H2,1-2H3. The zero-order chi connectivity index (χ0) is 13.2. The Morgan fingerprint density at radius 2 is 1.94 bits per heavy atom. The third-order valence-electron chi connectivity index (χ3n) is 3.96. The number of methoxy groups -OCH3 is 1. The quantitative estimate of drug-likeness (QED) is 0.637. The molecular weight excluding hydrogens is 228 g/mol. The van der Waals surface area contributed by atoms with Crippen LogP contribution >= 0.6 is 0 Å². The molecule has 108 valence electrons. The number of likely N-dealkylation sites (N-methyl/N-ethyl adjacent to an activating group) is 1.